The topological polar surface area (TPSA) is 73.1 Å². The Kier molecular flexibility index (Phi) is 5.57. The molecule has 8 heteroatoms. The van der Waals surface area contributed by atoms with Crippen LogP contribution < -0.4 is 9.80 Å². The van der Waals surface area contributed by atoms with E-state index in [1.807, 2.05) is 13.8 Å². The number of hydrogen-bond acceptors (Lipinski definition) is 5. The molecule has 140 valence electrons. The van der Waals surface area contributed by atoms with Crippen molar-refractivity contribution in [3.05, 3.63) is 41.3 Å². The van der Waals surface area contributed by atoms with Gasteiger partial charge in [-0.1, -0.05) is 19.9 Å². The number of fused-ring (bicyclic) bond motifs is 1. The fraction of sp³-hybridized carbons (Fsp3) is 0.368. The standard InChI is InChI=1S/C19H19ClFN5O/c1-3-13(4-2)25-15(9-21)18(27)26(14-7-5-6-12(8-14)10-22)16-11-23-19(20)24-17(16)25/h5-8,11,13,15H,3-4,9H2,1-2H3. The molecule has 0 spiro atoms. The minimum atomic E-state index is -1.01. The molecule has 0 fully saturated rings. The molecule has 0 N–H and O–H groups in total. The maximum absolute atomic E-state index is 14.0. The molecule has 6 nitrogen and oxygen atoms in total. The Hall–Kier alpha value is -2.72. The molecule has 1 aromatic carbocycles. The summed E-state index contributed by atoms with van der Waals surface area (Å²) < 4.78 is 14.0. The van der Waals surface area contributed by atoms with Crippen LogP contribution in [0.3, 0.4) is 0 Å². The molecule has 0 bridgehead atoms. The summed E-state index contributed by atoms with van der Waals surface area (Å²) in [6, 6.07) is 7.56. The molecule has 3 rings (SSSR count). The Morgan fingerprint density at radius 3 is 2.74 bits per heavy atom. The molecular weight excluding hydrogens is 369 g/mol. The van der Waals surface area contributed by atoms with Crippen LogP contribution in [-0.4, -0.2) is 34.6 Å². The SMILES string of the molecule is CCC(CC)N1c2nc(Cl)ncc2N(c2cccc(C#N)c2)C(=O)C1CF. The lowest BCUT2D eigenvalue weighted by molar-refractivity contribution is -0.120. The number of benzene rings is 1. The Morgan fingerprint density at radius 2 is 2.11 bits per heavy atom. The third-order valence-corrected chi connectivity index (χ3v) is 4.94. The number of halogens is 2. The summed E-state index contributed by atoms with van der Waals surface area (Å²) >= 11 is 6.01. The molecule has 1 amide bonds. The van der Waals surface area contributed by atoms with Crippen LogP contribution in [-0.2, 0) is 4.79 Å². The number of anilines is 3. The second-order valence-electron chi connectivity index (χ2n) is 6.23. The van der Waals surface area contributed by atoms with E-state index in [1.54, 1.807) is 29.2 Å². The monoisotopic (exact) mass is 387 g/mol. The summed E-state index contributed by atoms with van der Waals surface area (Å²) in [5, 5.41) is 9.20. The average molecular weight is 388 g/mol. The smallest absolute Gasteiger partial charge is 0.257 e. The molecule has 0 radical (unpaired) electrons. The van der Waals surface area contributed by atoms with Crippen LogP contribution >= 0.6 is 11.6 Å². The molecular formula is C19H19ClFN5O. The van der Waals surface area contributed by atoms with Gasteiger partial charge in [0.05, 0.1) is 23.5 Å². The highest BCUT2D eigenvalue weighted by Crippen LogP contribution is 2.41. The Bertz CT molecular complexity index is 896. The van der Waals surface area contributed by atoms with Crippen molar-refractivity contribution in [2.45, 2.75) is 38.8 Å². The predicted octanol–water partition coefficient (Wildman–Crippen LogP) is 4.01. The van der Waals surface area contributed by atoms with Crippen molar-refractivity contribution in [1.82, 2.24) is 9.97 Å². The largest absolute Gasteiger partial charge is 0.337 e. The van der Waals surface area contributed by atoms with Gasteiger partial charge in [-0.3, -0.25) is 9.69 Å². The molecule has 27 heavy (non-hydrogen) atoms. The minimum Gasteiger partial charge on any atom is -0.337 e. The highest BCUT2D eigenvalue weighted by Gasteiger charge is 2.42. The van der Waals surface area contributed by atoms with Gasteiger partial charge in [0, 0.05) is 6.04 Å². The summed E-state index contributed by atoms with van der Waals surface area (Å²) in [5.41, 5.74) is 1.29. The molecule has 2 heterocycles. The summed E-state index contributed by atoms with van der Waals surface area (Å²) in [7, 11) is 0. The fourth-order valence-electron chi connectivity index (χ4n) is 3.46. The first-order valence-electron chi connectivity index (χ1n) is 8.76. The van der Waals surface area contributed by atoms with Crippen LogP contribution in [0.5, 0.6) is 0 Å². The maximum atomic E-state index is 14.0. The van der Waals surface area contributed by atoms with Crippen molar-refractivity contribution in [3.8, 4) is 6.07 Å². The molecule has 1 atom stereocenters. The highest BCUT2D eigenvalue weighted by atomic mass is 35.5. The van der Waals surface area contributed by atoms with Gasteiger partial charge in [-0.25, -0.2) is 9.37 Å². The zero-order valence-corrected chi connectivity index (χ0v) is 15.8. The number of carbonyl (C=O) groups excluding carboxylic acids is 1. The van der Waals surface area contributed by atoms with E-state index in [1.165, 1.54) is 11.1 Å². The van der Waals surface area contributed by atoms with E-state index in [4.69, 9.17) is 11.6 Å². The van der Waals surface area contributed by atoms with E-state index in [9.17, 15) is 14.4 Å². The van der Waals surface area contributed by atoms with Crippen molar-refractivity contribution in [2.24, 2.45) is 0 Å². The minimum absolute atomic E-state index is 0.0300. The number of nitriles is 1. The summed E-state index contributed by atoms with van der Waals surface area (Å²) in [5.74, 6) is 0.00576. The van der Waals surface area contributed by atoms with Crippen LogP contribution in [0.2, 0.25) is 5.28 Å². The van der Waals surface area contributed by atoms with E-state index >= 15 is 0 Å². The van der Waals surface area contributed by atoms with Gasteiger partial charge in [0.25, 0.3) is 5.91 Å². The van der Waals surface area contributed by atoms with E-state index < -0.39 is 18.6 Å². The number of alkyl halides is 1. The van der Waals surface area contributed by atoms with E-state index in [0.29, 0.717) is 22.8 Å². The molecule has 1 unspecified atom stereocenters. The van der Waals surface area contributed by atoms with E-state index in [2.05, 4.69) is 16.0 Å². The second-order valence-corrected chi connectivity index (χ2v) is 6.57. The Balaban J connectivity index is 2.23. The van der Waals surface area contributed by atoms with Gasteiger partial charge in [-0.15, -0.1) is 0 Å². The van der Waals surface area contributed by atoms with E-state index in [-0.39, 0.29) is 11.3 Å². The van der Waals surface area contributed by atoms with Gasteiger partial charge >= 0.3 is 0 Å². The van der Waals surface area contributed by atoms with E-state index in [0.717, 1.165) is 12.8 Å². The molecule has 1 aliphatic rings. The van der Waals surface area contributed by atoms with Crippen LogP contribution in [0.1, 0.15) is 32.3 Å². The lowest BCUT2D eigenvalue weighted by atomic mass is 10.0. The first-order valence-corrected chi connectivity index (χ1v) is 9.14. The van der Waals surface area contributed by atoms with Gasteiger partial charge in [0.1, 0.15) is 18.4 Å². The van der Waals surface area contributed by atoms with Crippen LogP contribution in [0.4, 0.5) is 21.6 Å². The van der Waals surface area contributed by atoms with Crippen LogP contribution in [0.25, 0.3) is 0 Å². The lowest BCUT2D eigenvalue weighted by Crippen LogP contribution is -2.57. The normalized spacial score (nSPS) is 16.4. The molecule has 0 saturated heterocycles. The van der Waals surface area contributed by atoms with Crippen LogP contribution in [0, 0.1) is 11.3 Å². The third-order valence-electron chi connectivity index (χ3n) is 4.76. The van der Waals surface area contributed by atoms with Gasteiger partial charge in [0.15, 0.2) is 5.82 Å². The Labute approximate surface area is 162 Å². The molecule has 2 aromatic rings. The number of carbonyl (C=O) groups is 1. The summed E-state index contributed by atoms with van der Waals surface area (Å²) in [4.78, 5) is 24.6. The van der Waals surface area contributed by atoms with Gasteiger partial charge < -0.3 is 4.90 Å². The summed E-state index contributed by atoms with van der Waals surface area (Å²) in [6.45, 7) is 3.11. The number of nitrogens with zero attached hydrogens (tertiary/aromatic N) is 5. The van der Waals surface area contributed by atoms with Crippen molar-refractivity contribution in [1.29, 1.82) is 5.26 Å². The fourth-order valence-corrected chi connectivity index (χ4v) is 3.59. The lowest BCUT2D eigenvalue weighted by Gasteiger charge is -2.44. The number of amides is 1. The quantitative estimate of drug-likeness (QED) is 0.724. The van der Waals surface area contributed by atoms with Gasteiger partial charge in [0.2, 0.25) is 5.28 Å². The zero-order chi connectivity index (χ0) is 19.6. The Morgan fingerprint density at radius 1 is 1.37 bits per heavy atom. The maximum Gasteiger partial charge on any atom is 0.257 e. The first-order chi connectivity index (χ1) is 13.0. The van der Waals surface area contributed by atoms with Gasteiger partial charge in [-0.05, 0) is 42.6 Å². The van der Waals surface area contributed by atoms with Crippen molar-refractivity contribution in [2.75, 3.05) is 16.5 Å². The van der Waals surface area contributed by atoms with Gasteiger partial charge in [-0.2, -0.15) is 10.2 Å². The second kappa shape index (κ2) is 7.89. The number of hydrogen-bond donors (Lipinski definition) is 0. The predicted molar refractivity (Wildman–Crippen MR) is 102 cm³/mol. The van der Waals surface area contributed by atoms with Crippen molar-refractivity contribution in [3.63, 3.8) is 0 Å². The average Bonchev–Trinajstić information content (AvgIpc) is 2.69. The summed E-state index contributed by atoms with van der Waals surface area (Å²) in [6.07, 6.45) is 2.92. The zero-order valence-electron chi connectivity index (χ0n) is 15.1. The highest BCUT2D eigenvalue weighted by molar-refractivity contribution is 6.28. The molecule has 0 aliphatic carbocycles. The van der Waals surface area contributed by atoms with Crippen LogP contribution in [0.15, 0.2) is 30.5 Å². The van der Waals surface area contributed by atoms with Crippen molar-refractivity contribution >= 4 is 34.7 Å². The molecule has 1 aromatic heterocycles. The number of aromatic nitrogens is 2. The molecule has 0 saturated carbocycles. The first kappa shape index (κ1) is 19.1. The molecule has 1 aliphatic heterocycles. The van der Waals surface area contributed by atoms with Crippen molar-refractivity contribution < 1.29 is 9.18 Å². The third kappa shape index (κ3) is 3.33. The number of rotatable bonds is 5.